The molecule has 0 radical (unpaired) electrons. The highest BCUT2D eigenvalue weighted by Gasteiger charge is 2.11. The van der Waals surface area contributed by atoms with Crippen molar-refractivity contribution in [3.63, 3.8) is 0 Å². The Bertz CT molecular complexity index is 381. The second-order valence-corrected chi connectivity index (χ2v) is 3.65. The van der Waals surface area contributed by atoms with Gasteiger partial charge in [0.2, 0.25) is 0 Å². The summed E-state index contributed by atoms with van der Waals surface area (Å²) >= 11 is 0. The lowest BCUT2D eigenvalue weighted by Gasteiger charge is -2.19. The normalized spacial score (nSPS) is 10.2. The molecule has 0 saturated heterocycles. The van der Waals surface area contributed by atoms with Gasteiger partial charge in [0.05, 0.1) is 4.92 Å². The van der Waals surface area contributed by atoms with Gasteiger partial charge in [-0.05, 0) is 25.5 Å². The summed E-state index contributed by atoms with van der Waals surface area (Å²) in [6.45, 7) is 3.23. The first-order valence-electron chi connectivity index (χ1n) is 5.08. The lowest BCUT2D eigenvalue weighted by molar-refractivity contribution is -0.385. The molecule has 0 spiro atoms. The van der Waals surface area contributed by atoms with Crippen LogP contribution in [0, 0.1) is 17.0 Å². The van der Waals surface area contributed by atoms with Crippen molar-refractivity contribution < 1.29 is 4.92 Å². The Morgan fingerprint density at radius 3 is 2.81 bits per heavy atom. The van der Waals surface area contributed by atoms with E-state index in [0.29, 0.717) is 6.54 Å². The van der Waals surface area contributed by atoms with Gasteiger partial charge in [-0.1, -0.05) is 0 Å². The summed E-state index contributed by atoms with van der Waals surface area (Å²) in [5.41, 5.74) is 6.24. The van der Waals surface area contributed by atoms with E-state index in [4.69, 9.17) is 5.73 Å². The molecule has 1 heterocycles. The van der Waals surface area contributed by atoms with Crippen LogP contribution in [0.15, 0.2) is 12.3 Å². The number of hydrogen-bond acceptors (Lipinski definition) is 5. The molecule has 88 valence electrons. The third kappa shape index (κ3) is 2.90. The molecule has 1 aromatic heterocycles. The second-order valence-electron chi connectivity index (χ2n) is 3.65. The van der Waals surface area contributed by atoms with Gasteiger partial charge in [0, 0.05) is 19.7 Å². The smallest absolute Gasteiger partial charge is 0.287 e. The van der Waals surface area contributed by atoms with Crippen molar-refractivity contribution in [1.82, 2.24) is 4.98 Å². The molecule has 0 atom stereocenters. The maximum atomic E-state index is 10.5. The van der Waals surface area contributed by atoms with Crippen molar-refractivity contribution in [2.24, 2.45) is 5.73 Å². The molecular formula is C10H16N4O2. The van der Waals surface area contributed by atoms with Crippen molar-refractivity contribution in [2.45, 2.75) is 13.3 Å². The average molecular weight is 224 g/mol. The molecular weight excluding hydrogens is 208 g/mol. The number of pyridine rings is 1. The predicted octanol–water partition coefficient (Wildman–Crippen LogP) is 1.08. The van der Waals surface area contributed by atoms with Gasteiger partial charge >= 0.3 is 0 Å². The summed E-state index contributed by atoms with van der Waals surface area (Å²) in [6, 6.07) is 1.53. The quantitative estimate of drug-likeness (QED) is 0.597. The fourth-order valence-corrected chi connectivity index (χ4v) is 1.49. The molecule has 6 heteroatoms. The van der Waals surface area contributed by atoms with E-state index in [-0.39, 0.29) is 5.69 Å². The lowest BCUT2D eigenvalue weighted by atomic mass is 10.2. The zero-order chi connectivity index (χ0) is 12.1. The first-order chi connectivity index (χ1) is 7.56. The van der Waals surface area contributed by atoms with Crippen LogP contribution in [-0.4, -0.2) is 30.0 Å². The van der Waals surface area contributed by atoms with Crippen LogP contribution in [0.2, 0.25) is 0 Å². The minimum absolute atomic E-state index is 0.0217. The van der Waals surface area contributed by atoms with E-state index in [0.717, 1.165) is 24.3 Å². The summed E-state index contributed by atoms with van der Waals surface area (Å²) in [4.78, 5) is 16.1. The van der Waals surface area contributed by atoms with E-state index in [1.54, 1.807) is 0 Å². The van der Waals surface area contributed by atoms with Crippen LogP contribution in [0.4, 0.5) is 11.5 Å². The third-order valence-electron chi connectivity index (χ3n) is 2.31. The van der Waals surface area contributed by atoms with Crippen molar-refractivity contribution in [1.29, 1.82) is 0 Å². The number of aryl methyl sites for hydroxylation is 1. The zero-order valence-corrected chi connectivity index (χ0v) is 9.51. The Morgan fingerprint density at radius 2 is 2.31 bits per heavy atom. The van der Waals surface area contributed by atoms with Crippen LogP contribution in [-0.2, 0) is 0 Å². The molecule has 0 aromatic carbocycles. The van der Waals surface area contributed by atoms with Crippen LogP contribution in [0.5, 0.6) is 0 Å². The predicted molar refractivity (Wildman–Crippen MR) is 62.6 cm³/mol. The molecule has 0 aliphatic heterocycles. The average Bonchev–Trinajstić information content (AvgIpc) is 2.25. The molecule has 0 amide bonds. The molecule has 1 rings (SSSR count). The van der Waals surface area contributed by atoms with Gasteiger partial charge < -0.3 is 10.6 Å². The first kappa shape index (κ1) is 12.4. The number of anilines is 1. The van der Waals surface area contributed by atoms with Crippen molar-refractivity contribution >= 4 is 11.5 Å². The summed E-state index contributed by atoms with van der Waals surface area (Å²) < 4.78 is 0. The van der Waals surface area contributed by atoms with Crippen LogP contribution >= 0.6 is 0 Å². The third-order valence-corrected chi connectivity index (χ3v) is 2.31. The number of nitrogens with zero attached hydrogens (tertiary/aromatic N) is 3. The fraction of sp³-hybridized carbons (Fsp3) is 0.500. The Labute approximate surface area is 94.2 Å². The molecule has 2 N–H and O–H groups in total. The number of nitro groups is 1. The minimum Gasteiger partial charge on any atom is -0.359 e. The van der Waals surface area contributed by atoms with Gasteiger partial charge in [-0.3, -0.25) is 10.1 Å². The Balaban J connectivity index is 2.85. The molecule has 0 fully saturated rings. The Hall–Kier alpha value is -1.69. The van der Waals surface area contributed by atoms with E-state index in [9.17, 15) is 10.1 Å². The van der Waals surface area contributed by atoms with Crippen LogP contribution in [0.1, 0.15) is 12.0 Å². The SMILES string of the molecule is Cc1cc([N+](=O)[O-])cnc1N(C)CCCN. The van der Waals surface area contributed by atoms with E-state index in [1.165, 1.54) is 12.3 Å². The van der Waals surface area contributed by atoms with E-state index in [2.05, 4.69) is 4.98 Å². The lowest BCUT2D eigenvalue weighted by Crippen LogP contribution is -2.22. The Morgan fingerprint density at radius 1 is 1.62 bits per heavy atom. The van der Waals surface area contributed by atoms with Crippen molar-refractivity contribution in [2.75, 3.05) is 25.0 Å². The molecule has 0 aliphatic rings. The Kier molecular flexibility index (Phi) is 4.19. The molecule has 0 aliphatic carbocycles. The second kappa shape index (κ2) is 5.41. The summed E-state index contributed by atoms with van der Waals surface area (Å²) in [5.74, 6) is 0.763. The molecule has 0 bridgehead atoms. The van der Waals surface area contributed by atoms with Gasteiger partial charge in [0.15, 0.2) is 0 Å². The number of hydrogen-bond donors (Lipinski definition) is 1. The monoisotopic (exact) mass is 224 g/mol. The van der Waals surface area contributed by atoms with Crippen molar-refractivity contribution in [3.05, 3.63) is 27.9 Å². The number of aromatic nitrogens is 1. The maximum absolute atomic E-state index is 10.5. The van der Waals surface area contributed by atoms with E-state index in [1.807, 2.05) is 18.9 Å². The molecule has 0 unspecified atom stereocenters. The number of nitrogens with two attached hydrogens (primary N) is 1. The standard InChI is InChI=1S/C10H16N4O2/c1-8-6-9(14(15)16)7-12-10(8)13(2)5-3-4-11/h6-7H,3-5,11H2,1-2H3. The highest BCUT2D eigenvalue weighted by atomic mass is 16.6. The molecule has 16 heavy (non-hydrogen) atoms. The first-order valence-corrected chi connectivity index (χ1v) is 5.08. The van der Waals surface area contributed by atoms with Crippen LogP contribution in [0.25, 0.3) is 0 Å². The molecule has 1 aromatic rings. The van der Waals surface area contributed by atoms with Gasteiger partial charge in [0.1, 0.15) is 12.0 Å². The van der Waals surface area contributed by atoms with E-state index < -0.39 is 4.92 Å². The van der Waals surface area contributed by atoms with Crippen LogP contribution < -0.4 is 10.6 Å². The van der Waals surface area contributed by atoms with Gasteiger partial charge in [0.25, 0.3) is 5.69 Å². The fourth-order valence-electron chi connectivity index (χ4n) is 1.49. The zero-order valence-electron chi connectivity index (χ0n) is 9.51. The van der Waals surface area contributed by atoms with Crippen molar-refractivity contribution in [3.8, 4) is 0 Å². The highest BCUT2D eigenvalue weighted by Crippen LogP contribution is 2.20. The number of rotatable bonds is 5. The van der Waals surface area contributed by atoms with Gasteiger partial charge in [-0.2, -0.15) is 0 Å². The largest absolute Gasteiger partial charge is 0.359 e. The molecule has 0 saturated carbocycles. The topological polar surface area (TPSA) is 85.3 Å². The maximum Gasteiger partial charge on any atom is 0.287 e. The van der Waals surface area contributed by atoms with Gasteiger partial charge in [-0.25, -0.2) is 4.98 Å². The molecule has 6 nitrogen and oxygen atoms in total. The van der Waals surface area contributed by atoms with E-state index >= 15 is 0 Å². The highest BCUT2D eigenvalue weighted by molar-refractivity contribution is 5.49. The summed E-state index contributed by atoms with van der Waals surface area (Å²) in [7, 11) is 1.90. The van der Waals surface area contributed by atoms with Gasteiger partial charge in [-0.15, -0.1) is 0 Å². The van der Waals surface area contributed by atoms with Crippen LogP contribution in [0.3, 0.4) is 0 Å². The summed E-state index contributed by atoms with van der Waals surface area (Å²) in [6.07, 6.45) is 2.15. The minimum atomic E-state index is -0.441. The summed E-state index contributed by atoms with van der Waals surface area (Å²) in [5, 5.41) is 10.5.